The topological polar surface area (TPSA) is 79.5 Å². The van der Waals surface area contributed by atoms with Crippen LogP contribution in [0.5, 0.6) is 0 Å². The number of carbonyl (C=O) groups excluding carboxylic acids is 1. The molecule has 1 N–H and O–H groups in total. The van der Waals surface area contributed by atoms with E-state index in [4.69, 9.17) is 4.74 Å². The van der Waals surface area contributed by atoms with Crippen molar-refractivity contribution in [1.82, 2.24) is 9.29 Å². The SMILES string of the molecule is CCCc1ccc(S(=O)(=O)N(Cc2c(C)[nH]c(C(=O)OCC)c2C)C2CCCCC2)cc1. The summed E-state index contributed by atoms with van der Waals surface area (Å²) in [6, 6.07) is 7.26. The molecule has 32 heavy (non-hydrogen) atoms. The number of benzene rings is 1. The molecular weight excluding hydrogens is 424 g/mol. The zero-order chi connectivity index (χ0) is 23.3. The number of hydrogen-bond donors (Lipinski definition) is 1. The average molecular weight is 461 g/mol. The van der Waals surface area contributed by atoms with Crippen LogP contribution in [0.2, 0.25) is 0 Å². The Labute approximate surface area is 192 Å². The molecule has 2 aromatic rings. The van der Waals surface area contributed by atoms with E-state index in [2.05, 4.69) is 11.9 Å². The normalized spacial score (nSPS) is 15.3. The van der Waals surface area contributed by atoms with Gasteiger partial charge in [-0.3, -0.25) is 0 Å². The van der Waals surface area contributed by atoms with Crippen LogP contribution < -0.4 is 0 Å². The van der Waals surface area contributed by atoms with Crippen LogP contribution in [0.15, 0.2) is 29.2 Å². The highest BCUT2D eigenvalue weighted by Crippen LogP contribution is 2.31. The summed E-state index contributed by atoms with van der Waals surface area (Å²) in [6.45, 7) is 8.17. The molecule has 0 amide bonds. The number of nitrogens with one attached hydrogen (secondary N) is 1. The maximum atomic E-state index is 13.8. The fourth-order valence-electron chi connectivity index (χ4n) is 4.62. The lowest BCUT2D eigenvalue weighted by atomic mass is 9.95. The van der Waals surface area contributed by atoms with Crippen LogP contribution in [0.1, 0.15) is 85.2 Å². The zero-order valence-corrected chi connectivity index (χ0v) is 20.6. The van der Waals surface area contributed by atoms with Crippen molar-refractivity contribution in [2.75, 3.05) is 6.61 Å². The number of rotatable bonds is 9. The number of aryl methyl sites for hydroxylation is 2. The van der Waals surface area contributed by atoms with Crippen LogP contribution in [0.4, 0.5) is 0 Å². The van der Waals surface area contributed by atoms with Gasteiger partial charge in [-0.25, -0.2) is 13.2 Å². The Bertz CT molecular complexity index is 1020. The Morgan fingerprint density at radius 1 is 1.09 bits per heavy atom. The van der Waals surface area contributed by atoms with Crippen LogP contribution in [0.25, 0.3) is 0 Å². The highest BCUT2D eigenvalue weighted by Gasteiger charge is 2.34. The summed E-state index contributed by atoms with van der Waals surface area (Å²) in [5, 5.41) is 0. The van der Waals surface area contributed by atoms with Gasteiger partial charge in [-0.1, -0.05) is 44.7 Å². The van der Waals surface area contributed by atoms with Gasteiger partial charge in [0.25, 0.3) is 0 Å². The summed E-state index contributed by atoms with van der Waals surface area (Å²) in [7, 11) is -3.68. The molecule has 176 valence electrons. The number of aromatic amines is 1. The molecule has 1 aliphatic carbocycles. The third kappa shape index (κ3) is 5.26. The number of esters is 1. The van der Waals surface area contributed by atoms with E-state index in [1.807, 2.05) is 26.0 Å². The molecule has 0 atom stereocenters. The molecule has 1 aliphatic rings. The van der Waals surface area contributed by atoms with E-state index in [0.29, 0.717) is 17.2 Å². The predicted molar refractivity (Wildman–Crippen MR) is 126 cm³/mol. The molecule has 7 heteroatoms. The van der Waals surface area contributed by atoms with Crippen molar-refractivity contribution in [3.05, 3.63) is 52.3 Å². The lowest BCUT2D eigenvalue weighted by Gasteiger charge is -2.33. The first-order valence-corrected chi connectivity index (χ1v) is 13.2. The molecule has 1 aromatic carbocycles. The summed E-state index contributed by atoms with van der Waals surface area (Å²) in [5.74, 6) is -0.405. The molecule has 3 rings (SSSR count). The van der Waals surface area contributed by atoms with E-state index in [1.165, 1.54) is 0 Å². The maximum absolute atomic E-state index is 13.8. The molecule has 1 saturated carbocycles. The Kier molecular flexibility index (Phi) is 8.17. The molecule has 0 radical (unpaired) electrons. The van der Waals surface area contributed by atoms with Gasteiger partial charge < -0.3 is 9.72 Å². The fraction of sp³-hybridized carbons (Fsp3) is 0.560. The van der Waals surface area contributed by atoms with E-state index < -0.39 is 16.0 Å². The van der Waals surface area contributed by atoms with Gasteiger partial charge in [0, 0.05) is 18.3 Å². The first-order valence-electron chi connectivity index (χ1n) is 11.8. The Balaban J connectivity index is 1.98. The van der Waals surface area contributed by atoms with Crippen molar-refractivity contribution in [2.24, 2.45) is 0 Å². The van der Waals surface area contributed by atoms with Gasteiger partial charge in [0.2, 0.25) is 10.0 Å². The van der Waals surface area contributed by atoms with Crippen molar-refractivity contribution in [3.63, 3.8) is 0 Å². The first kappa shape index (κ1) is 24.5. The average Bonchev–Trinajstić information content (AvgIpc) is 3.06. The monoisotopic (exact) mass is 460 g/mol. The third-order valence-electron chi connectivity index (χ3n) is 6.44. The second kappa shape index (κ2) is 10.7. The summed E-state index contributed by atoms with van der Waals surface area (Å²) < 4.78 is 34.4. The predicted octanol–water partition coefficient (Wildman–Crippen LogP) is 5.28. The van der Waals surface area contributed by atoms with Gasteiger partial charge >= 0.3 is 5.97 Å². The Hall–Kier alpha value is -2.12. The smallest absolute Gasteiger partial charge is 0.355 e. The lowest BCUT2D eigenvalue weighted by molar-refractivity contribution is 0.0519. The number of sulfonamides is 1. The lowest BCUT2D eigenvalue weighted by Crippen LogP contribution is -2.41. The largest absolute Gasteiger partial charge is 0.461 e. The van der Waals surface area contributed by atoms with Crippen LogP contribution in [0, 0.1) is 13.8 Å². The Morgan fingerprint density at radius 3 is 2.34 bits per heavy atom. The van der Waals surface area contributed by atoms with Gasteiger partial charge in [-0.2, -0.15) is 4.31 Å². The van der Waals surface area contributed by atoms with Crippen molar-refractivity contribution < 1.29 is 17.9 Å². The molecule has 1 heterocycles. The minimum atomic E-state index is -3.68. The number of hydrogen-bond acceptors (Lipinski definition) is 4. The Morgan fingerprint density at radius 2 is 1.75 bits per heavy atom. The number of aromatic nitrogens is 1. The van der Waals surface area contributed by atoms with Crippen molar-refractivity contribution in [3.8, 4) is 0 Å². The summed E-state index contributed by atoms with van der Waals surface area (Å²) >= 11 is 0. The van der Waals surface area contributed by atoms with Crippen LogP contribution in [-0.2, 0) is 27.7 Å². The summed E-state index contributed by atoms with van der Waals surface area (Å²) in [4.78, 5) is 15.8. The molecule has 1 aromatic heterocycles. The van der Waals surface area contributed by atoms with E-state index in [-0.39, 0.29) is 12.6 Å². The molecule has 0 saturated heterocycles. The van der Waals surface area contributed by atoms with Crippen LogP contribution in [-0.4, -0.2) is 36.3 Å². The third-order valence-corrected chi connectivity index (χ3v) is 8.35. The van der Waals surface area contributed by atoms with E-state index in [0.717, 1.165) is 67.3 Å². The fourth-order valence-corrected chi connectivity index (χ4v) is 6.27. The molecule has 1 fully saturated rings. The van der Waals surface area contributed by atoms with Crippen LogP contribution >= 0.6 is 0 Å². The number of ether oxygens (including phenoxy) is 1. The molecule has 0 unspecified atom stereocenters. The van der Waals surface area contributed by atoms with Crippen molar-refractivity contribution in [2.45, 2.75) is 90.1 Å². The summed E-state index contributed by atoms with van der Waals surface area (Å²) in [5.41, 5.74) is 3.97. The van der Waals surface area contributed by atoms with Crippen LogP contribution in [0.3, 0.4) is 0 Å². The molecule has 6 nitrogen and oxygen atoms in total. The minimum Gasteiger partial charge on any atom is -0.461 e. The molecular formula is C25H36N2O4S. The second-order valence-electron chi connectivity index (χ2n) is 8.69. The standard InChI is InChI=1S/C25H36N2O4S/c1-5-10-20-13-15-22(16-14-20)32(29,30)27(21-11-8-7-9-12-21)17-23-18(3)24(26-19(23)4)25(28)31-6-2/h13-16,21,26H,5-12,17H2,1-4H3. The first-order chi connectivity index (χ1) is 15.3. The maximum Gasteiger partial charge on any atom is 0.355 e. The number of nitrogens with zero attached hydrogens (tertiary/aromatic N) is 1. The van der Waals surface area contributed by atoms with Crippen molar-refractivity contribution >= 4 is 16.0 Å². The van der Waals surface area contributed by atoms with Crippen molar-refractivity contribution in [1.29, 1.82) is 0 Å². The molecule has 0 bridgehead atoms. The number of H-pyrrole nitrogens is 1. The van der Waals surface area contributed by atoms with Gasteiger partial charge in [0.05, 0.1) is 11.5 Å². The molecule has 0 spiro atoms. The number of carbonyl (C=O) groups is 1. The van der Waals surface area contributed by atoms with E-state index in [1.54, 1.807) is 23.4 Å². The highest BCUT2D eigenvalue weighted by atomic mass is 32.2. The highest BCUT2D eigenvalue weighted by molar-refractivity contribution is 7.89. The quantitative estimate of drug-likeness (QED) is 0.516. The van der Waals surface area contributed by atoms with Gasteiger partial charge in [-0.05, 0) is 68.9 Å². The second-order valence-corrected chi connectivity index (χ2v) is 10.6. The van der Waals surface area contributed by atoms with Gasteiger partial charge in [0.15, 0.2) is 0 Å². The van der Waals surface area contributed by atoms with Gasteiger partial charge in [0.1, 0.15) is 5.69 Å². The minimum absolute atomic E-state index is 0.0381. The summed E-state index contributed by atoms with van der Waals surface area (Å²) in [6.07, 6.45) is 6.89. The van der Waals surface area contributed by atoms with E-state index in [9.17, 15) is 13.2 Å². The molecule has 0 aliphatic heterocycles. The van der Waals surface area contributed by atoms with Gasteiger partial charge in [-0.15, -0.1) is 0 Å². The zero-order valence-electron chi connectivity index (χ0n) is 19.7. The van der Waals surface area contributed by atoms with E-state index >= 15 is 0 Å².